The van der Waals surface area contributed by atoms with Gasteiger partial charge in [0.1, 0.15) is 0 Å². The fourth-order valence-corrected chi connectivity index (χ4v) is 1.42. The van der Waals surface area contributed by atoms with Gasteiger partial charge in [0, 0.05) is 6.54 Å². The second kappa shape index (κ2) is 8.49. The molecule has 0 saturated heterocycles. The number of hydroxylamine groups is 2. The largest absolute Gasteiger partial charge is 0.510 e. The van der Waals surface area contributed by atoms with Gasteiger partial charge in [0.2, 0.25) is 0 Å². The standard InChI is InChI=1S/C8H16F3N2O5P/c1-2-3-4-5-6-12-17-19(15,16)18-13-7(14)8(9,10)11/h12H,2-6H2,1H3,(H,13,14)(H,15,16). The maximum absolute atomic E-state index is 11.7. The monoisotopic (exact) mass is 308 g/mol. The quantitative estimate of drug-likeness (QED) is 0.341. The van der Waals surface area contributed by atoms with E-state index in [0.717, 1.165) is 24.7 Å². The molecule has 0 rings (SSSR count). The predicted molar refractivity (Wildman–Crippen MR) is 58.3 cm³/mol. The first kappa shape index (κ1) is 18.3. The van der Waals surface area contributed by atoms with E-state index < -0.39 is 19.9 Å². The lowest BCUT2D eigenvalue weighted by Crippen LogP contribution is -2.36. The van der Waals surface area contributed by atoms with Crippen LogP contribution in [0, 0.1) is 0 Å². The number of nitrogens with one attached hydrogen (secondary N) is 2. The number of halogens is 3. The van der Waals surface area contributed by atoms with E-state index in [1.807, 2.05) is 6.92 Å². The molecular formula is C8H16F3N2O5P. The van der Waals surface area contributed by atoms with Crippen molar-refractivity contribution in [1.82, 2.24) is 11.0 Å². The summed E-state index contributed by atoms with van der Waals surface area (Å²) in [6.07, 6.45) is -1.70. The van der Waals surface area contributed by atoms with Crippen molar-refractivity contribution in [2.45, 2.75) is 38.8 Å². The number of hydrogen-bond donors (Lipinski definition) is 3. The summed E-state index contributed by atoms with van der Waals surface area (Å²) in [4.78, 5) is 19.2. The summed E-state index contributed by atoms with van der Waals surface area (Å²) < 4.78 is 54.0. The molecule has 0 spiro atoms. The van der Waals surface area contributed by atoms with E-state index in [1.54, 1.807) is 0 Å². The molecular weight excluding hydrogens is 292 g/mol. The fraction of sp³-hybridized carbons (Fsp3) is 0.875. The molecule has 7 nitrogen and oxygen atoms in total. The highest BCUT2D eigenvalue weighted by atomic mass is 31.2. The van der Waals surface area contributed by atoms with E-state index >= 15 is 0 Å². The number of carbonyl (C=O) groups is 1. The summed E-state index contributed by atoms with van der Waals surface area (Å²) in [6, 6.07) is 0. The van der Waals surface area contributed by atoms with Crippen molar-refractivity contribution in [3.8, 4) is 0 Å². The maximum Gasteiger partial charge on any atom is 0.510 e. The van der Waals surface area contributed by atoms with Crippen LogP contribution in [0.4, 0.5) is 13.2 Å². The Hall–Kier alpha value is -0.670. The van der Waals surface area contributed by atoms with Crippen molar-refractivity contribution in [3.63, 3.8) is 0 Å². The number of carbonyl (C=O) groups excluding carboxylic acids is 1. The normalized spacial score (nSPS) is 15.0. The smallest absolute Gasteiger partial charge is 0.300 e. The van der Waals surface area contributed by atoms with E-state index in [1.165, 1.54) is 0 Å². The van der Waals surface area contributed by atoms with E-state index in [2.05, 4.69) is 14.7 Å². The van der Waals surface area contributed by atoms with Crippen LogP contribution in [0.3, 0.4) is 0 Å². The number of alkyl halides is 3. The molecule has 0 bridgehead atoms. The summed E-state index contributed by atoms with van der Waals surface area (Å²) in [7, 11) is -4.81. The molecule has 0 aliphatic rings. The van der Waals surface area contributed by atoms with Crippen LogP contribution < -0.4 is 11.0 Å². The highest BCUT2D eigenvalue weighted by Gasteiger charge is 2.40. The van der Waals surface area contributed by atoms with Crippen LogP contribution in [0.2, 0.25) is 0 Å². The molecule has 0 aliphatic carbocycles. The highest BCUT2D eigenvalue weighted by molar-refractivity contribution is 7.47. The summed E-state index contributed by atoms with van der Waals surface area (Å²) in [5.41, 5.74) is 2.86. The van der Waals surface area contributed by atoms with Crippen LogP contribution in [0.5, 0.6) is 0 Å². The Labute approximate surface area is 108 Å². The third-order valence-corrected chi connectivity index (χ3v) is 2.51. The topological polar surface area (TPSA) is 96.9 Å². The molecule has 0 aromatic rings. The van der Waals surface area contributed by atoms with Gasteiger partial charge >= 0.3 is 19.9 Å². The zero-order chi connectivity index (χ0) is 14.9. The van der Waals surface area contributed by atoms with Crippen LogP contribution >= 0.6 is 7.82 Å². The van der Waals surface area contributed by atoms with Gasteiger partial charge in [-0.05, 0) is 6.42 Å². The van der Waals surface area contributed by atoms with Crippen molar-refractivity contribution in [2.75, 3.05) is 6.54 Å². The van der Waals surface area contributed by atoms with Crippen LogP contribution in [0.1, 0.15) is 32.6 Å². The Balaban J connectivity index is 3.81. The second-order valence-electron chi connectivity index (χ2n) is 3.54. The Morgan fingerprint density at radius 2 is 1.89 bits per heavy atom. The molecule has 11 heteroatoms. The lowest BCUT2D eigenvalue weighted by Gasteiger charge is -2.13. The van der Waals surface area contributed by atoms with E-state index in [-0.39, 0.29) is 6.54 Å². The first-order valence-corrected chi connectivity index (χ1v) is 6.98. The molecule has 0 aromatic heterocycles. The molecule has 0 radical (unpaired) electrons. The number of phosphoric acid groups is 1. The molecule has 3 N–H and O–H groups in total. The van der Waals surface area contributed by atoms with Gasteiger partial charge in [-0.1, -0.05) is 26.2 Å². The molecule has 1 atom stereocenters. The van der Waals surface area contributed by atoms with Crippen LogP contribution in [0.25, 0.3) is 0 Å². The summed E-state index contributed by atoms with van der Waals surface area (Å²) in [6.45, 7) is 2.23. The van der Waals surface area contributed by atoms with E-state index in [4.69, 9.17) is 4.89 Å². The van der Waals surface area contributed by atoms with Crippen molar-refractivity contribution in [3.05, 3.63) is 0 Å². The predicted octanol–water partition coefficient (Wildman–Crippen LogP) is 1.80. The van der Waals surface area contributed by atoms with Gasteiger partial charge in [0.15, 0.2) is 0 Å². The Bertz CT molecular complexity index is 326. The molecule has 1 amide bonds. The summed E-state index contributed by atoms with van der Waals surface area (Å²) >= 11 is 0. The van der Waals surface area contributed by atoms with Crippen molar-refractivity contribution in [2.24, 2.45) is 0 Å². The Morgan fingerprint density at radius 3 is 2.42 bits per heavy atom. The molecule has 114 valence electrons. The van der Waals surface area contributed by atoms with Crippen LogP contribution in [0.15, 0.2) is 0 Å². The van der Waals surface area contributed by atoms with Gasteiger partial charge in [-0.2, -0.15) is 27.9 Å². The van der Waals surface area contributed by atoms with Gasteiger partial charge < -0.3 is 4.89 Å². The fourth-order valence-electron chi connectivity index (χ4n) is 0.927. The molecule has 1 unspecified atom stereocenters. The third kappa shape index (κ3) is 9.85. The lowest BCUT2D eigenvalue weighted by molar-refractivity contribution is -0.181. The zero-order valence-electron chi connectivity index (χ0n) is 10.2. The average Bonchev–Trinajstić information content (AvgIpc) is 2.29. The minimum Gasteiger partial charge on any atom is -0.300 e. The number of unbranched alkanes of at least 4 members (excludes halogenated alkanes) is 3. The third-order valence-electron chi connectivity index (χ3n) is 1.82. The van der Waals surface area contributed by atoms with Crippen LogP contribution in [-0.2, 0) is 18.6 Å². The maximum atomic E-state index is 11.7. The molecule has 0 aromatic carbocycles. The van der Waals surface area contributed by atoms with Crippen molar-refractivity contribution in [1.29, 1.82) is 0 Å². The van der Waals surface area contributed by atoms with Gasteiger partial charge in [0.05, 0.1) is 0 Å². The van der Waals surface area contributed by atoms with E-state index in [0.29, 0.717) is 6.42 Å². The minimum atomic E-state index is -5.21. The average molecular weight is 308 g/mol. The molecule has 0 heterocycles. The van der Waals surface area contributed by atoms with E-state index in [9.17, 15) is 22.5 Å². The van der Waals surface area contributed by atoms with Crippen molar-refractivity contribution < 1.29 is 36.7 Å². The Morgan fingerprint density at radius 1 is 1.26 bits per heavy atom. The molecule has 0 saturated carbocycles. The Kier molecular flexibility index (Phi) is 8.19. The molecule has 0 fully saturated rings. The van der Waals surface area contributed by atoms with Gasteiger partial charge in [0.25, 0.3) is 0 Å². The van der Waals surface area contributed by atoms with Gasteiger partial charge in [-0.15, -0.1) is 0 Å². The number of hydrogen-bond acceptors (Lipinski definition) is 5. The molecule has 0 aliphatic heterocycles. The highest BCUT2D eigenvalue weighted by Crippen LogP contribution is 2.40. The van der Waals surface area contributed by atoms with Crippen molar-refractivity contribution >= 4 is 13.7 Å². The number of amides is 1. The summed E-state index contributed by atoms with van der Waals surface area (Å²) in [5.74, 6) is -2.51. The van der Waals surface area contributed by atoms with Gasteiger partial charge in [-0.3, -0.25) is 4.79 Å². The van der Waals surface area contributed by atoms with Gasteiger partial charge in [-0.25, -0.2) is 10.0 Å². The minimum absolute atomic E-state index is 0.223. The second-order valence-corrected chi connectivity index (χ2v) is 4.84. The first-order chi connectivity index (χ1) is 8.69. The van der Waals surface area contributed by atoms with Crippen LogP contribution in [-0.4, -0.2) is 23.5 Å². The lowest BCUT2D eigenvalue weighted by atomic mass is 10.2. The molecule has 19 heavy (non-hydrogen) atoms. The SMILES string of the molecule is CCCCCCNOP(=O)(O)ONC(=O)C(F)(F)F. The number of rotatable bonds is 9. The first-order valence-electron chi connectivity index (χ1n) is 5.49. The summed E-state index contributed by atoms with van der Waals surface area (Å²) in [5, 5.41) is 0. The zero-order valence-corrected chi connectivity index (χ0v) is 11.1.